The number of ether oxygens (including phenoxy) is 1. The molecule has 0 aliphatic rings. The Balaban J connectivity index is 3.16. The molecule has 0 aliphatic heterocycles. The highest BCUT2D eigenvalue weighted by atomic mass is 35.5. The molecule has 0 aliphatic carbocycles. The molecule has 0 aromatic heterocycles. The van der Waals surface area contributed by atoms with Crippen LogP contribution in [0.25, 0.3) is 0 Å². The van der Waals surface area contributed by atoms with Crippen molar-refractivity contribution in [2.45, 2.75) is 18.6 Å². The largest absolute Gasteiger partial charge is 0.389 e. The van der Waals surface area contributed by atoms with Crippen molar-refractivity contribution in [3.63, 3.8) is 0 Å². The second kappa shape index (κ2) is 5.35. The number of aliphatic hydroxyl groups is 1. The smallest absolute Gasteiger partial charge is 0.156 e. The number of hydrogen-bond acceptors (Lipinski definition) is 3. The van der Waals surface area contributed by atoms with E-state index in [4.69, 9.17) is 21.4 Å². The predicted octanol–water partition coefficient (Wildman–Crippen LogP) is 0.879. The lowest BCUT2D eigenvalue weighted by molar-refractivity contribution is 0.0262. The van der Waals surface area contributed by atoms with Crippen LogP contribution < -0.4 is 0 Å². The first-order chi connectivity index (χ1) is 4.18. The fourth-order valence-electron chi connectivity index (χ4n) is 0.305. The Labute approximate surface area is 65.6 Å². The minimum atomic E-state index is -0.619. The van der Waals surface area contributed by atoms with E-state index in [0.29, 0.717) is 12.4 Å². The standard InChI is InChI=1S/C5H11ClO2S/c1-4(7)5(6)8-2-3-9/h4-5,7,9H,2-3H2,1H3. The quantitative estimate of drug-likeness (QED) is 0.485. The van der Waals surface area contributed by atoms with Crippen LogP contribution in [-0.4, -0.2) is 29.1 Å². The van der Waals surface area contributed by atoms with Crippen LogP contribution in [0.1, 0.15) is 6.92 Å². The molecule has 9 heavy (non-hydrogen) atoms. The van der Waals surface area contributed by atoms with Gasteiger partial charge in [-0.05, 0) is 6.92 Å². The number of rotatable bonds is 4. The van der Waals surface area contributed by atoms with Crippen LogP contribution in [0.4, 0.5) is 0 Å². The molecule has 2 unspecified atom stereocenters. The Kier molecular flexibility index (Phi) is 5.69. The van der Waals surface area contributed by atoms with Crippen LogP contribution in [0.5, 0.6) is 0 Å². The Morgan fingerprint density at radius 1 is 1.78 bits per heavy atom. The average Bonchev–Trinajstić information content (AvgIpc) is 1.82. The molecule has 0 radical (unpaired) electrons. The van der Waals surface area contributed by atoms with Gasteiger partial charge in [0.25, 0.3) is 0 Å². The molecule has 0 bridgehead atoms. The van der Waals surface area contributed by atoms with E-state index in [-0.39, 0.29) is 0 Å². The summed E-state index contributed by atoms with van der Waals surface area (Å²) in [5.74, 6) is 0.621. The summed E-state index contributed by atoms with van der Waals surface area (Å²) in [6.45, 7) is 2.05. The first-order valence-corrected chi connectivity index (χ1v) is 3.80. The summed E-state index contributed by atoms with van der Waals surface area (Å²) in [4.78, 5) is 0. The van der Waals surface area contributed by atoms with Gasteiger partial charge in [0, 0.05) is 5.75 Å². The Morgan fingerprint density at radius 2 is 2.33 bits per heavy atom. The Hall–Kier alpha value is 0.560. The van der Waals surface area contributed by atoms with Gasteiger partial charge in [0.05, 0.1) is 12.7 Å². The monoisotopic (exact) mass is 170 g/mol. The maximum Gasteiger partial charge on any atom is 0.156 e. The van der Waals surface area contributed by atoms with E-state index in [9.17, 15) is 0 Å². The Morgan fingerprint density at radius 3 is 2.67 bits per heavy atom. The van der Waals surface area contributed by atoms with Gasteiger partial charge in [0.1, 0.15) is 0 Å². The van der Waals surface area contributed by atoms with E-state index in [1.54, 1.807) is 6.92 Å². The second-order valence-corrected chi connectivity index (χ2v) is 2.56. The third-order valence-electron chi connectivity index (χ3n) is 0.748. The summed E-state index contributed by atoms with van der Waals surface area (Å²) < 4.78 is 4.89. The summed E-state index contributed by atoms with van der Waals surface area (Å²) in [6, 6.07) is 0. The summed E-state index contributed by atoms with van der Waals surface area (Å²) in [6.07, 6.45) is -0.619. The maximum absolute atomic E-state index is 8.77. The molecule has 0 saturated carbocycles. The molecule has 0 fully saturated rings. The molecule has 2 atom stereocenters. The summed E-state index contributed by atoms with van der Waals surface area (Å²) >= 11 is 9.39. The molecule has 0 aromatic carbocycles. The fourth-order valence-corrected chi connectivity index (χ4v) is 0.499. The van der Waals surface area contributed by atoms with Crippen molar-refractivity contribution >= 4 is 24.2 Å². The topological polar surface area (TPSA) is 29.5 Å². The fraction of sp³-hybridized carbons (Fsp3) is 1.00. The van der Waals surface area contributed by atoms with Crippen molar-refractivity contribution in [1.29, 1.82) is 0 Å². The van der Waals surface area contributed by atoms with E-state index >= 15 is 0 Å². The molecule has 0 aromatic rings. The lowest BCUT2D eigenvalue weighted by Crippen LogP contribution is -2.20. The lowest BCUT2D eigenvalue weighted by atomic mass is 10.4. The van der Waals surface area contributed by atoms with Gasteiger partial charge in [-0.15, -0.1) is 0 Å². The van der Waals surface area contributed by atoms with Crippen molar-refractivity contribution in [2.75, 3.05) is 12.4 Å². The van der Waals surface area contributed by atoms with Crippen molar-refractivity contribution in [1.82, 2.24) is 0 Å². The van der Waals surface area contributed by atoms with E-state index < -0.39 is 11.7 Å². The van der Waals surface area contributed by atoms with Gasteiger partial charge in [-0.25, -0.2) is 0 Å². The van der Waals surface area contributed by atoms with Crippen LogP contribution in [0.15, 0.2) is 0 Å². The van der Waals surface area contributed by atoms with Crippen LogP contribution in [0, 0.1) is 0 Å². The molecule has 4 heteroatoms. The third kappa shape index (κ3) is 5.03. The average molecular weight is 171 g/mol. The molecule has 0 saturated heterocycles. The molecular weight excluding hydrogens is 160 g/mol. The molecule has 0 amide bonds. The predicted molar refractivity (Wildman–Crippen MR) is 41.1 cm³/mol. The molecule has 0 heterocycles. The van der Waals surface area contributed by atoms with Gasteiger partial charge in [0.2, 0.25) is 0 Å². The minimum absolute atomic E-state index is 0.474. The highest BCUT2D eigenvalue weighted by Crippen LogP contribution is 2.03. The zero-order chi connectivity index (χ0) is 7.28. The number of aliphatic hydroxyl groups excluding tert-OH is 1. The zero-order valence-electron chi connectivity index (χ0n) is 5.25. The molecule has 1 N–H and O–H groups in total. The normalized spacial score (nSPS) is 17.3. The summed E-state index contributed by atoms with van der Waals surface area (Å²) in [5.41, 5.74) is -0.600. The van der Waals surface area contributed by atoms with E-state index in [1.165, 1.54) is 0 Å². The van der Waals surface area contributed by atoms with Gasteiger partial charge < -0.3 is 9.84 Å². The number of alkyl halides is 1. The molecular formula is C5H11ClO2S. The molecule has 0 rings (SSSR count). The minimum Gasteiger partial charge on any atom is -0.389 e. The highest BCUT2D eigenvalue weighted by molar-refractivity contribution is 7.80. The lowest BCUT2D eigenvalue weighted by Gasteiger charge is -2.11. The third-order valence-corrected chi connectivity index (χ3v) is 1.42. The van der Waals surface area contributed by atoms with E-state index in [2.05, 4.69) is 12.6 Å². The second-order valence-electron chi connectivity index (χ2n) is 1.69. The van der Waals surface area contributed by atoms with Crippen LogP contribution >= 0.6 is 24.2 Å². The van der Waals surface area contributed by atoms with Gasteiger partial charge in [-0.3, -0.25) is 0 Å². The van der Waals surface area contributed by atoms with Crippen LogP contribution in [0.3, 0.4) is 0 Å². The summed E-state index contributed by atoms with van der Waals surface area (Å²) in [7, 11) is 0. The SMILES string of the molecule is CC(O)C(Cl)OCCS. The first kappa shape index (κ1) is 9.56. The Bertz CT molecular complexity index is 70.0. The molecule has 2 nitrogen and oxygen atoms in total. The zero-order valence-corrected chi connectivity index (χ0v) is 6.90. The maximum atomic E-state index is 8.77. The van der Waals surface area contributed by atoms with Gasteiger partial charge >= 0.3 is 0 Å². The van der Waals surface area contributed by atoms with Gasteiger partial charge in [-0.2, -0.15) is 12.6 Å². The van der Waals surface area contributed by atoms with E-state index in [0.717, 1.165) is 0 Å². The summed E-state index contributed by atoms with van der Waals surface area (Å²) in [5, 5.41) is 8.77. The van der Waals surface area contributed by atoms with Crippen molar-refractivity contribution in [3.05, 3.63) is 0 Å². The van der Waals surface area contributed by atoms with E-state index in [1.807, 2.05) is 0 Å². The number of thiol groups is 1. The van der Waals surface area contributed by atoms with Gasteiger partial charge in [-0.1, -0.05) is 11.6 Å². The van der Waals surface area contributed by atoms with Crippen molar-refractivity contribution in [3.8, 4) is 0 Å². The molecule has 0 spiro atoms. The first-order valence-electron chi connectivity index (χ1n) is 2.73. The highest BCUT2D eigenvalue weighted by Gasteiger charge is 2.09. The van der Waals surface area contributed by atoms with Crippen LogP contribution in [-0.2, 0) is 4.74 Å². The van der Waals surface area contributed by atoms with Crippen LogP contribution in [0.2, 0.25) is 0 Å². The number of hydrogen-bond donors (Lipinski definition) is 2. The van der Waals surface area contributed by atoms with Crippen molar-refractivity contribution in [2.24, 2.45) is 0 Å². The van der Waals surface area contributed by atoms with Gasteiger partial charge in [0.15, 0.2) is 5.56 Å². The van der Waals surface area contributed by atoms with Crippen molar-refractivity contribution < 1.29 is 9.84 Å². The number of halogens is 1. The molecule has 56 valence electrons.